The molecule has 124 valence electrons. The zero-order valence-electron chi connectivity index (χ0n) is 13.9. The van der Waals surface area contributed by atoms with Crippen molar-refractivity contribution in [3.05, 3.63) is 89.1 Å². The second kappa shape index (κ2) is 6.61. The Balaban J connectivity index is 1.75. The van der Waals surface area contributed by atoms with Crippen molar-refractivity contribution in [3.63, 3.8) is 0 Å². The fourth-order valence-electron chi connectivity index (χ4n) is 2.91. The number of nitrogens with one attached hydrogen (secondary N) is 1. The Morgan fingerprint density at radius 2 is 1.84 bits per heavy atom. The molecule has 25 heavy (non-hydrogen) atoms. The molecule has 0 aliphatic heterocycles. The smallest absolute Gasteiger partial charge is 0.139 e. The molecule has 0 saturated carbocycles. The second-order valence-corrected chi connectivity index (χ2v) is 6.52. The Kier molecular flexibility index (Phi) is 4.16. The molecule has 0 atom stereocenters. The number of hydrogen-bond donors (Lipinski definition) is 1. The number of pyridine rings is 1. The van der Waals surface area contributed by atoms with Gasteiger partial charge in [0.05, 0.1) is 0 Å². The average molecular weight is 348 g/mol. The number of anilines is 1. The molecule has 0 spiro atoms. The van der Waals surface area contributed by atoms with E-state index in [1.54, 1.807) is 0 Å². The van der Waals surface area contributed by atoms with Crippen LogP contribution in [0.15, 0.2) is 72.9 Å². The highest BCUT2D eigenvalue weighted by Gasteiger charge is 2.13. The highest BCUT2D eigenvalue weighted by molar-refractivity contribution is 6.30. The molecule has 0 saturated heterocycles. The average Bonchev–Trinajstić information content (AvgIpc) is 2.99. The molecule has 2 aromatic heterocycles. The van der Waals surface area contributed by atoms with E-state index in [0.717, 1.165) is 33.3 Å². The minimum Gasteiger partial charge on any atom is -0.365 e. The van der Waals surface area contributed by atoms with Crippen LogP contribution >= 0.6 is 11.6 Å². The maximum absolute atomic E-state index is 6.10. The molecular formula is C21H18ClN3. The van der Waals surface area contributed by atoms with Crippen molar-refractivity contribution in [1.29, 1.82) is 0 Å². The van der Waals surface area contributed by atoms with Crippen molar-refractivity contribution >= 4 is 23.1 Å². The summed E-state index contributed by atoms with van der Waals surface area (Å²) in [6, 6.07) is 22.4. The van der Waals surface area contributed by atoms with Gasteiger partial charge in [-0.05, 0) is 36.8 Å². The Bertz CT molecular complexity index is 1020. The van der Waals surface area contributed by atoms with Crippen molar-refractivity contribution in [2.45, 2.75) is 13.5 Å². The van der Waals surface area contributed by atoms with Crippen molar-refractivity contribution < 1.29 is 0 Å². The van der Waals surface area contributed by atoms with E-state index in [1.807, 2.05) is 42.6 Å². The number of fused-ring (bicyclic) bond motifs is 1. The number of hydrogen-bond acceptors (Lipinski definition) is 2. The third-order valence-electron chi connectivity index (χ3n) is 4.20. The fourth-order valence-corrected chi connectivity index (χ4v) is 3.12. The zero-order valence-corrected chi connectivity index (χ0v) is 14.7. The first kappa shape index (κ1) is 15.7. The van der Waals surface area contributed by atoms with Gasteiger partial charge in [-0.1, -0.05) is 59.6 Å². The summed E-state index contributed by atoms with van der Waals surface area (Å²) in [4.78, 5) is 4.82. The Morgan fingerprint density at radius 3 is 2.64 bits per heavy atom. The summed E-state index contributed by atoms with van der Waals surface area (Å²) in [6.07, 6.45) is 2.03. The third kappa shape index (κ3) is 3.24. The molecule has 0 aliphatic carbocycles. The van der Waals surface area contributed by atoms with Gasteiger partial charge >= 0.3 is 0 Å². The predicted molar refractivity (Wildman–Crippen MR) is 104 cm³/mol. The van der Waals surface area contributed by atoms with Crippen molar-refractivity contribution in [2.75, 3.05) is 5.32 Å². The highest BCUT2D eigenvalue weighted by atomic mass is 35.5. The molecule has 3 nitrogen and oxygen atoms in total. The number of nitrogens with zero attached hydrogens (tertiary/aromatic N) is 2. The van der Waals surface area contributed by atoms with E-state index in [0.29, 0.717) is 6.54 Å². The lowest BCUT2D eigenvalue weighted by Crippen LogP contribution is -2.03. The number of halogens is 1. The van der Waals surface area contributed by atoms with E-state index in [1.165, 1.54) is 5.56 Å². The summed E-state index contributed by atoms with van der Waals surface area (Å²) >= 11 is 6.10. The zero-order chi connectivity index (χ0) is 17.2. The van der Waals surface area contributed by atoms with Gasteiger partial charge in [-0.25, -0.2) is 4.98 Å². The lowest BCUT2D eigenvalue weighted by Gasteiger charge is -2.09. The van der Waals surface area contributed by atoms with Crippen LogP contribution in [0.1, 0.15) is 11.1 Å². The topological polar surface area (TPSA) is 29.3 Å². The maximum Gasteiger partial charge on any atom is 0.139 e. The van der Waals surface area contributed by atoms with Crippen LogP contribution in [-0.4, -0.2) is 9.38 Å². The van der Waals surface area contributed by atoms with Crippen LogP contribution < -0.4 is 5.32 Å². The first-order valence-electron chi connectivity index (χ1n) is 8.23. The summed E-state index contributed by atoms with van der Waals surface area (Å²) in [7, 11) is 0. The Hall–Kier alpha value is -2.78. The van der Waals surface area contributed by atoms with Crippen molar-refractivity contribution in [3.8, 4) is 11.3 Å². The molecular weight excluding hydrogens is 330 g/mol. The molecule has 0 aliphatic rings. The summed E-state index contributed by atoms with van der Waals surface area (Å²) in [5, 5.41) is 4.28. The monoisotopic (exact) mass is 347 g/mol. The van der Waals surface area contributed by atoms with Gasteiger partial charge in [0, 0.05) is 23.3 Å². The van der Waals surface area contributed by atoms with Gasteiger partial charge in [0.15, 0.2) is 0 Å². The quantitative estimate of drug-likeness (QED) is 0.522. The van der Waals surface area contributed by atoms with Crippen molar-refractivity contribution in [2.24, 2.45) is 0 Å². The van der Waals surface area contributed by atoms with Crippen molar-refractivity contribution in [1.82, 2.24) is 9.38 Å². The van der Waals surface area contributed by atoms with E-state index in [9.17, 15) is 0 Å². The molecule has 2 heterocycles. The number of benzene rings is 2. The van der Waals surface area contributed by atoms with Crippen LogP contribution in [0.5, 0.6) is 0 Å². The lowest BCUT2D eigenvalue weighted by molar-refractivity contribution is 1.08. The molecule has 1 N–H and O–H groups in total. The van der Waals surface area contributed by atoms with Crippen LogP contribution in [0.25, 0.3) is 16.9 Å². The lowest BCUT2D eigenvalue weighted by atomic mass is 10.1. The Morgan fingerprint density at radius 1 is 1.00 bits per heavy atom. The van der Waals surface area contributed by atoms with Gasteiger partial charge in [-0.2, -0.15) is 0 Å². The standard InChI is InChI=1S/C21H18ClN3/c1-15-8-10-17(11-9-15)20-21(25-12-3-2-7-19(25)24-20)23-14-16-5-4-6-18(22)13-16/h2-13,23H,14H2,1H3. The maximum atomic E-state index is 6.10. The first-order chi connectivity index (χ1) is 12.2. The normalized spacial score (nSPS) is 11.0. The summed E-state index contributed by atoms with van der Waals surface area (Å²) in [5.41, 5.74) is 5.34. The van der Waals surface area contributed by atoms with Gasteiger partial charge < -0.3 is 5.32 Å². The van der Waals surface area contributed by atoms with Gasteiger partial charge in [0.25, 0.3) is 0 Å². The van der Waals surface area contributed by atoms with Crippen LogP contribution in [0.4, 0.5) is 5.82 Å². The minimum absolute atomic E-state index is 0.683. The minimum atomic E-state index is 0.683. The molecule has 0 bridgehead atoms. The van der Waals surface area contributed by atoms with Crippen LogP contribution in [-0.2, 0) is 6.54 Å². The van der Waals surface area contributed by atoms with Crippen LogP contribution in [0, 0.1) is 6.92 Å². The first-order valence-corrected chi connectivity index (χ1v) is 8.61. The molecule has 0 amide bonds. The number of imidazole rings is 1. The molecule has 4 rings (SSSR count). The molecule has 2 aromatic carbocycles. The largest absolute Gasteiger partial charge is 0.365 e. The predicted octanol–water partition coefficient (Wildman–Crippen LogP) is 5.58. The Labute approximate surface area is 151 Å². The highest BCUT2D eigenvalue weighted by Crippen LogP contribution is 2.29. The number of aromatic nitrogens is 2. The van der Waals surface area contributed by atoms with E-state index in [4.69, 9.17) is 16.6 Å². The molecule has 0 fully saturated rings. The van der Waals surface area contributed by atoms with Gasteiger partial charge in [0.1, 0.15) is 17.2 Å². The third-order valence-corrected chi connectivity index (χ3v) is 4.44. The second-order valence-electron chi connectivity index (χ2n) is 6.09. The van der Waals surface area contributed by atoms with Crippen LogP contribution in [0.2, 0.25) is 5.02 Å². The van der Waals surface area contributed by atoms with E-state index in [-0.39, 0.29) is 0 Å². The van der Waals surface area contributed by atoms with E-state index >= 15 is 0 Å². The summed E-state index contributed by atoms with van der Waals surface area (Å²) < 4.78 is 2.08. The van der Waals surface area contributed by atoms with E-state index in [2.05, 4.69) is 47.0 Å². The number of rotatable bonds is 4. The molecule has 0 unspecified atom stereocenters. The molecule has 0 radical (unpaired) electrons. The van der Waals surface area contributed by atoms with Gasteiger partial charge in [-0.15, -0.1) is 0 Å². The number of aryl methyl sites for hydroxylation is 1. The molecule has 4 aromatic rings. The van der Waals surface area contributed by atoms with Gasteiger partial charge in [-0.3, -0.25) is 4.40 Å². The van der Waals surface area contributed by atoms with E-state index < -0.39 is 0 Å². The summed E-state index contributed by atoms with van der Waals surface area (Å²) in [5.74, 6) is 0.986. The SMILES string of the molecule is Cc1ccc(-c2nc3ccccn3c2NCc2cccc(Cl)c2)cc1. The van der Waals surface area contributed by atoms with Gasteiger partial charge in [0.2, 0.25) is 0 Å². The molecule has 4 heteroatoms. The fraction of sp³-hybridized carbons (Fsp3) is 0.0952. The van der Waals surface area contributed by atoms with Crippen LogP contribution in [0.3, 0.4) is 0 Å². The summed E-state index contributed by atoms with van der Waals surface area (Å²) in [6.45, 7) is 2.77.